The van der Waals surface area contributed by atoms with E-state index in [9.17, 15) is 4.79 Å². The molecule has 0 bridgehead atoms. The lowest BCUT2D eigenvalue weighted by atomic mass is 10.2. The maximum atomic E-state index is 10.2. The van der Waals surface area contributed by atoms with Crippen LogP contribution in [0.4, 0.5) is 5.82 Å². The monoisotopic (exact) mass is 212 g/mol. The summed E-state index contributed by atoms with van der Waals surface area (Å²) in [5, 5.41) is 8.84. The SMILES string of the molecule is Nc1cc(Cl)c(C=CCC(=O)O)cn1. The van der Waals surface area contributed by atoms with Crippen molar-refractivity contribution in [1.82, 2.24) is 4.98 Å². The van der Waals surface area contributed by atoms with Gasteiger partial charge in [0, 0.05) is 11.8 Å². The molecule has 0 radical (unpaired) electrons. The maximum absolute atomic E-state index is 10.2. The van der Waals surface area contributed by atoms with Gasteiger partial charge < -0.3 is 10.8 Å². The number of aliphatic carboxylic acids is 1. The fourth-order valence-corrected chi connectivity index (χ4v) is 1.09. The summed E-state index contributed by atoms with van der Waals surface area (Å²) >= 11 is 5.83. The third-order valence-corrected chi connectivity index (χ3v) is 1.82. The quantitative estimate of drug-likeness (QED) is 0.801. The van der Waals surface area contributed by atoms with Gasteiger partial charge in [0.15, 0.2) is 0 Å². The van der Waals surface area contributed by atoms with Crippen LogP contribution in [0.25, 0.3) is 6.08 Å². The van der Waals surface area contributed by atoms with Gasteiger partial charge in [-0.05, 0) is 6.07 Å². The van der Waals surface area contributed by atoms with Crippen molar-refractivity contribution in [2.45, 2.75) is 6.42 Å². The van der Waals surface area contributed by atoms with Crippen LogP contribution < -0.4 is 5.73 Å². The van der Waals surface area contributed by atoms with Crippen LogP contribution in [-0.2, 0) is 4.79 Å². The number of aromatic nitrogens is 1. The molecule has 74 valence electrons. The first kappa shape index (κ1) is 10.5. The number of pyridine rings is 1. The van der Waals surface area contributed by atoms with E-state index in [0.717, 1.165) is 0 Å². The summed E-state index contributed by atoms with van der Waals surface area (Å²) in [5.74, 6) is -0.550. The molecule has 0 atom stereocenters. The molecule has 0 spiro atoms. The van der Waals surface area contributed by atoms with Gasteiger partial charge in [0.05, 0.1) is 11.4 Å². The lowest BCUT2D eigenvalue weighted by Crippen LogP contribution is -1.91. The van der Waals surface area contributed by atoms with Crippen molar-refractivity contribution < 1.29 is 9.90 Å². The predicted molar refractivity (Wildman–Crippen MR) is 54.9 cm³/mol. The number of anilines is 1. The van der Waals surface area contributed by atoms with Gasteiger partial charge in [-0.3, -0.25) is 4.79 Å². The van der Waals surface area contributed by atoms with Crippen molar-refractivity contribution in [3.05, 3.63) is 28.9 Å². The molecule has 1 aromatic rings. The predicted octanol–water partition coefficient (Wildman–Crippen LogP) is 1.81. The van der Waals surface area contributed by atoms with Gasteiger partial charge in [0.1, 0.15) is 5.82 Å². The summed E-state index contributed by atoms with van der Waals surface area (Å²) in [6, 6.07) is 1.52. The molecular formula is C9H9ClN2O2. The van der Waals surface area contributed by atoms with Gasteiger partial charge in [-0.25, -0.2) is 4.98 Å². The second-order valence-corrected chi connectivity index (χ2v) is 3.04. The summed E-state index contributed by atoms with van der Waals surface area (Å²) in [7, 11) is 0. The lowest BCUT2D eigenvalue weighted by molar-refractivity contribution is -0.135. The molecule has 0 aromatic carbocycles. The standard InChI is InChI=1S/C9H9ClN2O2/c10-7-4-8(11)12-5-6(7)2-1-3-9(13)14/h1-2,4-5H,3H2,(H2,11,12)(H,13,14). The number of carboxylic acids is 1. The van der Waals surface area contributed by atoms with Crippen LogP contribution in [0.3, 0.4) is 0 Å². The average molecular weight is 213 g/mol. The number of nitrogens with two attached hydrogens (primary N) is 1. The van der Waals surface area contributed by atoms with Gasteiger partial charge in [-0.1, -0.05) is 23.8 Å². The second-order valence-electron chi connectivity index (χ2n) is 2.63. The second kappa shape index (κ2) is 4.62. The molecular weight excluding hydrogens is 204 g/mol. The minimum absolute atomic E-state index is 0.0410. The van der Waals surface area contributed by atoms with Crippen LogP contribution in [0.5, 0.6) is 0 Å². The molecule has 0 unspecified atom stereocenters. The van der Waals surface area contributed by atoms with Crippen LogP contribution in [0, 0.1) is 0 Å². The minimum Gasteiger partial charge on any atom is -0.481 e. The summed E-state index contributed by atoms with van der Waals surface area (Å²) in [6.07, 6.45) is 4.56. The van der Waals surface area contributed by atoms with Gasteiger partial charge in [-0.15, -0.1) is 0 Å². The Balaban J connectivity index is 2.76. The minimum atomic E-state index is -0.888. The van der Waals surface area contributed by atoms with Gasteiger partial charge >= 0.3 is 5.97 Å². The number of nitrogen functional groups attached to an aromatic ring is 1. The van der Waals surface area contributed by atoms with Crippen LogP contribution in [0.15, 0.2) is 18.3 Å². The molecule has 0 saturated carbocycles. The van der Waals surface area contributed by atoms with E-state index in [4.69, 9.17) is 22.4 Å². The van der Waals surface area contributed by atoms with Gasteiger partial charge in [-0.2, -0.15) is 0 Å². The molecule has 5 heteroatoms. The molecule has 4 nitrogen and oxygen atoms in total. The molecule has 1 heterocycles. The van der Waals surface area contributed by atoms with Crippen molar-refractivity contribution in [3.8, 4) is 0 Å². The first-order valence-corrected chi connectivity index (χ1v) is 4.26. The Morgan fingerprint density at radius 2 is 2.43 bits per heavy atom. The number of halogens is 1. The molecule has 14 heavy (non-hydrogen) atoms. The lowest BCUT2D eigenvalue weighted by Gasteiger charge is -1.97. The topological polar surface area (TPSA) is 76.2 Å². The van der Waals surface area contributed by atoms with Crippen LogP contribution in [0.2, 0.25) is 5.02 Å². The highest BCUT2D eigenvalue weighted by Gasteiger charge is 1.98. The van der Waals surface area contributed by atoms with Crippen molar-refractivity contribution in [2.24, 2.45) is 0 Å². The van der Waals surface area contributed by atoms with Crippen LogP contribution in [0.1, 0.15) is 12.0 Å². The van der Waals surface area contributed by atoms with E-state index in [-0.39, 0.29) is 6.42 Å². The molecule has 0 saturated heterocycles. The molecule has 1 aromatic heterocycles. The highest BCUT2D eigenvalue weighted by molar-refractivity contribution is 6.32. The Labute approximate surface area is 86.0 Å². The Morgan fingerprint density at radius 3 is 3.00 bits per heavy atom. The molecule has 0 aliphatic carbocycles. The number of carbonyl (C=O) groups is 1. The third-order valence-electron chi connectivity index (χ3n) is 1.49. The molecule has 1 rings (SSSR count). The summed E-state index contributed by atoms with van der Waals surface area (Å²) in [5.41, 5.74) is 6.05. The number of rotatable bonds is 3. The third kappa shape index (κ3) is 3.06. The van der Waals surface area contributed by atoms with E-state index < -0.39 is 5.97 Å². The van der Waals surface area contributed by atoms with E-state index >= 15 is 0 Å². The molecule has 0 fully saturated rings. The van der Waals surface area contributed by atoms with Crippen molar-refractivity contribution in [3.63, 3.8) is 0 Å². The van der Waals surface area contributed by atoms with Gasteiger partial charge in [0.2, 0.25) is 0 Å². The summed E-state index contributed by atoms with van der Waals surface area (Å²) < 4.78 is 0. The Hall–Kier alpha value is -1.55. The van der Waals surface area contributed by atoms with Crippen LogP contribution in [-0.4, -0.2) is 16.1 Å². The van der Waals surface area contributed by atoms with E-state index in [1.165, 1.54) is 18.3 Å². The molecule has 0 aliphatic rings. The Kier molecular flexibility index (Phi) is 3.48. The first-order chi connectivity index (χ1) is 6.59. The zero-order chi connectivity index (χ0) is 10.6. The summed E-state index contributed by atoms with van der Waals surface area (Å²) in [4.78, 5) is 14.0. The number of hydrogen-bond donors (Lipinski definition) is 2. The molecule has 3 N–H and O–H groups in total. The number of hydrogen-bond acceptors (Lipinski definition) is 3. The Bertz CT molecular complexity index is 377. The maximum Gasteiger partial charge on any atom is 0.307 e. The fourth-order valence-electron chi connectivity index (χ4n) is 0.866. The smallest absolute Gasteiger partial charge is 0.307 e. The fraction of sp³-hybridized carbons (Fsp3) is 0.111. The highest BCUT2D eigenvalue weighted by Crippen LogP contribution is 2.18. The van der Waals surface area contributed by atoms with Crippen LogP contribution >= 0.6 is 11.6 Å². The largest absolute Gasteiger partial charge is 0.481 e. The van der Waals surface area contributed by atoms with Crippen molar-refractivity contribution in [2.75, 3.05) is 5.73 Å². The highest BCUT2D eigenvalue weighted by atomic mass is 35.5. The van der Waals surface area contributed by atoms with E-state index in [2.05, 4.69) is 4.98 Å². The molecule has 0 amide bonds. The Morgan fingerprint density at radius 1 is 1.71 bits per heavy atom. The van der Waals surface area contributed by atoms with E-state index in [0.29, 0.717) is 16.4 Å². The van der Waals surface area contributed by atoms with E-state index in [1.54, 1.807) is 6.08 Å². The average Bonchev–Trinajstić information content (AvgIpc) is 2.08. The van der Waals surface area contributed by atoms with Crippen molar-refractivity contribution >= 4 is 29.5 Å². The zero-order valence-electron chi connectivity index (χ0n) is 7.27. The van der Waals surface area contributed by atoms with Crippen molar-refractivity contribution in [1.29, 1.82) is 0 Å². The first-order valence-electron chi connectivity index (χ1n) is 3.89. The van der Waals surface area contributed by atoms with E-state index in [1.807, 2.05) is 0 Å². The summed E-state index contributed by atoms with van der Waals surface area (Å²) in [6.45, 7) is 0. The zero-order valence-corrected chi connectivity index (χ0v) is 8.03. The molecule has 0 aliphatic heterocycles. The number of carboxylic acid groups (broad SMARTS) is 1. The normalized spacial score (nSPS) is 10.6. The van der Waals surface area contributed by atoms with Gasteiger partial charge in [0.25, 0.3) is 0 Å². The number of nitrogens with zero attached hydrogens (tertiary/aromatic N) is 1.